The van der Waals surface area contributed by atoms with Crippen molar-refractivity contribution < 1.29 is 0 Å². The van der Waals surface area contributed by atoms with Crippen molar-refractivity contribution in [3.8, 4) is 0 Å². The smallest absolute Gasteiger partial charge is 0.258 e. The van der Waals surface area contributed by atoms with Gasteiger partial charge in [0.2, 0.25) is 0 Å². The number of rotatable bonds is 3. The van der Waals surface area contributed by atoms with E-state index in [0.29, 0.717) is 16.6 Å². The monoisotopic (exact) mass is 284 g/mol. The van der Waals surface area contributed by atoms with E-state index in [9.17, 15) is 4.79 Å². The summed E-state index contributed by atoms with van der Waals surface area (Å²) in [7, 11) is 0. The third-order valence-corrected chi connectivity index (χ3v) is 5.25. The van der Waals surface area contributed by atoms with Crippen LogP contribution in [0.4, 0.5) is 11.4 Å². The van der Waals surface area contributed by atoms with Crippen molar-refractivity contribution in [3.05, 3.63) is 28.8 Å². The van der Waals surface area contributed by atoms with E-state index >= 15 is 0 Å². The summed E-state index contributed by atoms with van der Waals surface area (Å²) >= 11 is 0. The molecular formula is C16H20N4O. The predicted octanol–water partition coefficient (Wildman–Crippen LogP) is 2.35. The molecule has 2 fully saturated rings. The lowest BCUT2D eigenvalue weighted by Crippen LogP contribution is -2.20. The Labute approximate surface area is 123 Å². The van der Waals surface area contributed by atoms with Crippen molar-refractivity contribution >= 4 is 22.3 Å². The highest BCUT2D eigenvalue weighted by Crippen LogP contribution is 2.48. The van der Waals surface area contributed by atoms with E-state index in [-0.39, 0.29) is 5.56 Å². The highest BCUT2D eigenvalue weighted by molar-refractivity contribution is 5.88. The zero-order chi connectivity index (χ0) is 14.4. The molecule has 4 N–H and O–H groups in total. The lowest BCUT2D eigenvalue weighted by molar-refractivity contribution is 0.348. The molecule has 2 aliphatic rings. The Bertz CT molecular complexity index is 739. The van der Waals surface area contributed by atoms with Gasteiger partial charge in [0.05, 0.1) is 28.6 Å². The molecule has 1 aromatic heterocycles. The molecule has 5 nitrogen and oxygen atoms in total. The van der Waals surface area contributed by atoms with Gasteiger partial charge in [-0.2, -0.15) is 0 Å². The van der Waals surface area contributed by atoms with Crippen LogP contribution >= 0.6 is 0 Å². The summed E-state index contributed by atoms with van der Waals surface area (Å²) in [6, 6.07) is 3.59. The molecule has 3 atom stereocenters. The number of fused-ring (bicyclic) bond motifs is 3. The van der Waals surface area contributed by atoms with Crippen LogP contribution in [0.5, 0.6) is 0 Å². The summed E-state index contributed by atoms with van der Waals surface area (Å²) in [5.41, 5.74) is 8.12. The maximum Gasteiger partial charge on any atom is 0.258 e. The van der Waals surface area contributed by atoms with Crippen molar-refractivity contribution in [1.29, 1.82) is 0 Å². The van der Waals surface area contributed by atoms with Crippen LogP contribution in [0.15, 0.2) is 23.3 Å². The molecule has 2 saturated carbocycles. The maximum atomic E-state index is 11.7. The number of aromatic amines is 1. The molecule has 3 unspecified atom stereocenters. The van der Waals surface area contributed by atoms with Gasteiger partial charge >= 0.3 is 0 Å². The van der Waals surface area contributed by atoms with E-state index < -0.39 is 0 Å². The number of H-pyrrole nitrogens is 1. The summed E-state index contributed by atoms with van der Waals surface area (Å²) in [5.74, 6) is 2.62. The van der Waals surface area contributed by atoms with Crippen LogP contribution in [0.3, 0.4) is 0 Å². The summed E-state index contributed by atoms with van der Waals surface area (Å²) in [5, 5.41) is 4.02. The predicted molar refractivity (Wildman–Crippen MR) is 84.2 cm³/mol. The van der Waals surface area contributed by atoms with Crippen molar-refractivity contribution in [2.75, 3.05) is 17.6 Å². The SMILES string of the molecule is Nc1cc2c(=O)[nH]cnc2cc1NCC1CC2CCC1C2. The van der Waals surface area contributed by atoms with E-state index in [1.54, 1.807) is 6.07 Å². The van der Waals surface area contributed by atoms with E-state index in [1.165, 1.54) is 32.0 Å². The molecule has 2 aromatic rings. The first-order valence-corrected chi connectivity index (χ1v) is 7.71. The van der Waals surface area contributed by atoms with Gasteiger partial charge in [-0.25, -0.2) is 4.98 Å². The minimum atomic E-state index is -0.147. The molecule has 4 rings (SSSR count). The molecule has 0 saturated heterocycles. The topological polar surface area (TPSA) is 83.8 Å². The molecule has 110 valence electrons. The summed E-state index contributed by atoms with van der Waals surface area (Å²) in [4.78, 5) is 18.5. The van der Waals surface area contributed by atoms with E-state index in [2.05, 4.69) is 15.3 Å². The zero-order valence-electron chi connectivity index (χ0n) is 11.9. The standard InChI is InChI=1S/C16H20N4O/c17-13-5-12-14(19-8-20-16(12)21)6-15(13)18-7-11-4-9-1-2-10(11)3-9/h5-6,8-11,18H,1-4,7,17H2,(H,19,20,21). The number of nitrogen functional groups attached to an aromatic ring is 1. The maximum absolute atomic E-state index is 11.7. The van der Waals surface area contributed by atoms with Crippen LogP contribution in [-0.4, -0.2) is 16.5 Å². The largest absolute Gasteiger partial charge is 0.397 e. The average Bonchev–Trinajstić information content (AvgIpc) is 3.09. The molecule has 0 spiro atoms. The van der Waals surface area contributed by atoms with Gasteiger partial charge in [0.15, 0.2) is 0 Å². The molecule has 1 heterocycles. The van der Waals surface area contributed by atoms with E-state index in [4.69, 9.17) is 5.73 Å². The van der Waals surface area contributed by atoms with E-state index in [1.807, 2.05) is 6.07 Å². The van der Waals surface area contributed by atoms with Crippen molar-refractivity contribution in [1.82, 2.24) is 9.97 Å². The Kier molecular flexibility index (Phi) is 2.87. The molecule has 0 radical (unpaired) electrons. The molecule has 0 amide bonds. The van der Waals surface area contributed by atoms with Crippen molar-refractivity contribution in [2.45, 2.75) is 25.7 Å². The minimum Gasteiger partial charge on any atom is -0.397 e. The van der Waals surface area contributed by atoms with Gasteiger partial charge in [-0.1, -0.05) is 6.42 Å². The number of hydrogen-bond acceptors (Lipinski definition) is 4. The third kappa shape index (κ3) is 2.17. The van der Waals surface area contributed by atoms with Gasteiger partial charge in [-0.05, 0) is 49.1 Å². The molecule has 21 heavy (non-hydrogen) atoms. The van der Waals surface area contributed by atoms with Crippen molar-refractivity contribution in [2.24, 2.45) is 17.8 Å². The summed E-state index contributed by atoms with van der Waals surface area (Å²) < 4.78 is 0. The molecule has 5 heteroatoms. The highest BCUT2D eigenvalue weighted by atomic mass is 16.1. The number of hydrogen-bond donors (Lipinski definition) is 3. The second-order valence-corrected chi connectivity index (χ2v) is 6.50. The first kappa shape index (κ1) is 12.7. The second kappa shape index (κ2) is 4.76. The fraction of sp³-hybridized carbons (Fsp3) is 0.500. The second-order valence-electron chi connectivity index (χ2n) is 6.50. The lowest BCUT2D eigenvalue weighted by Gasteiger charge is -2.22. The number of anilines is 2. The normalized spacial score (nSPS) is 27.3. The van der Waals surface area contributed by atoms with Gasteiger partial charge in [-0.15, -0.1) is 0 Å². The Morgan fingerprint density at radius 1 is 1.33 bits per heavy atom. The van der Waals surface area contributed by atoms with Gasteiger partial charge in [-0.3, -0.25) is 4.79 Å². The lowest BCUT2D eigenvalue weighted by atomic mass is 9.89. The van der Waals surface area contributed by atoms with Crippen LogP contribution in [-0.2, 0) is 0 Å². The van der Waals surface area contributed by atoms with Gasteiger partial charge in [0.25, 0.3) is 5.56 Å². The number of nitrogens with zero attached hydrogens (tertiary/aromatic N) is 1. The first-order valence-electron chi connectivity index (χ1n) is 7.71. The fourth-order valence-electron chi connectivity index (χ4n) is 4.15. The Balaban J connectivity index is 1.56. The molecule has 2 aliphatic carbocycles. The highest BCUT2D eigenvalue weighted by Gasteiger charge is 2.39. The molecule has 2 bridgehead atoms. The Hall–Kier alpha value is -2.04. The Morgan fingerprint density at radius 2 is 2.24 bits per heavy atom. The molecular weight excluding hydrogens is 264 g/mol. The minimum absolute atomic E-state index is 0.147. The number of benzene rings is 1. The van der Waals surface area contributed by atoms with Crippen LogP contribution in [0.2, 0.25) is 0 Å². The van der Waals surface area contributed by atoms with Crippen LogP contribution in [0.1, 0.15) is 25.7 Å². The summed E-state index contributed by atoms with van der Waals surface area (Å²) in [6.45, 7) is 0.972. The number of nitrogens with two attached hydrogens (primary N) is 1. The molecule has 0 aliphatic heterocycles. The van der Waals surface area contributed by atoms with Crippen LogP contribution in [0, 0.1) is 17.8 Å². The Morgan fingerprint density at radius 3 is 3.00 bits per heavy atom. The van der Waals surface area contributed by atoms with Gasteiger partial charge in [0.1, 0.15) is 0 Å². The summed E-state index contributed by atoms with van der Waals surface area (Å²) in [6.07, 6.45) is 7.01. The van der Waals surface area contributed by atoms with Gasteiger partial charge < -0.3 is 16.0 Å². The van der Waals surface area contributed by atoms with Crippen LogP contribution < -0.4 is 16.6 Å². The average molecular weight is 284 g/mol. The fourth-order valence-corrected chi connectivity index (χ4v) is 4.15. The quantitative estimate of drug-likeness (QED) is 0.755. The first-order chi connectivity index (χ1) is 10.2. The molecule has 1 aromatic carbocycles. The number of nitrogens with one attached hydrogen (secondary N) is 2. The zero-order valence-corrected chi connectivity index (χ0v) is 11.9. The van der Waals surface area contributed by atoms with Crippen LogP contribution in [0.25, 0.3) is 10.9 Å². The van der Waals surface area contributed by atoms with E-state index in [0.717, 1.165) is 30.0 Å². The number of aromatic nitrogens is 2. The van der Waals surface area contributed by atoms with Crippen molar-refractivity contribution in [3.63, 3.8) is 0 Å². The van der Waals surface area contributed by atoms with Gasteiger partial charge in [0, 0.05) is 6.54 Å². The third-order valence-electron chi connectivity index (χ3n) is 5.25.